The van der Waals surface area contributed by atoms with Gasteiger partial charge in [0.25, 0.3) is 0 Å². The molecule has 1 aliphatic heterocycles. The average molecular weight is 351 g/mol. The topological polar surface area (TPSA) is 32.7 Å². The Labute approximate surface area is 157 Å². The van der Waals surface area contributed by atoms with Gasteiger partial charge in [-0.25, -0.2) is 5.01 Å². The molecule has 3 nitrogen and oxygen atoms in total. The monoisotopic (exact) mass is 350 g/mol. The molecule has 1 aliphatic carbocycles. The normalized spacial score (nSPS) is 25.3. The molecule has 1 aromatic rings. The van der Waals surface area contributed by atoms with Gasteiger partial charge in [0.1, 0.15) is 0 Å². The number of carbonyl (C=O) groups excluding carboxylic acids is 1. The summed E-state index contributed by atoms with van der Waals surface area (Å²) in [6, 6.07) is 8.28. The molecule has 138 valence electrons. The average Bonchev–Trinajstić information content (AvgIpc) is 2.98. The van der Waals surface area contributed by atoms with Gasteiger partial charge in [-0.15, -0.1) is 0 Å². The van der Waals surface area contributed by atoms with Crippen molar-refractivity contribution in [1.82, 2.24) is 5.01 Å². The first-order valence-corrected chi connectivity index (χ1v) is 9.57. The van der Waals surface area contributed by atoms with Crippen LogP contribution in [0, 0.1) is 18.3 Å². The van der Waals surface area contributed by atoms with Crippen LogP contribution in [0.1, 0.15) is 64.1 Å². The maximum Gasteiger partial charge on any atom is 0.240 e. The molecule has 1 amide bonds. The molecule has 0 aromatic heterocycles. The smallest absolute Gasteiger partial charge is 0.240 e. The number of allylic oxidation sites excluding steroid dienone is 4. The Morgan fingerprint density at radius 1 is 1.27 bits per heavy atom. The molecular formula is C23H30N2O. The van der Waals surface area contributed by atoms with Crippen LogP contribution in [-0.2, 0) is 4.79 Å². The Bertz CT molecular complexity index is 785. The van der Waals surface area contributed by atoms with Gasteiger partial charge in [0, 0.05) is 19.3 Å². The Morgan fingerprint density at radius 2 is 2.00 bits per heavy atom. The predicted molar refractivity (Wildman–Crippen MR) is 108 cm³/mol. The first-order chi connectivity index (χ1) is 12.3. The molecule has 3 rings (SSSR count). The van der Waals surface area contributed by atoms with Gasteiger partial charge >= 0.3 is 0 Å². The number of hydrogen-bond acceptors (Lipinski definition) is 2. The van der Waals surface area contributed by atoms with Crippen LogP contribution < -0.4 is 0 Å². The van der Waals surface area contributed by atoms with Crippen LogP contribution in [0.25, 0.3) is 0 Å². The molecule has 1 heterocycles. The van der Waals surface area contributed by atoms with Crippen LogP contribution in [0.15, 0.2) is 53.2 Å². The molecule has 2 unspecified atom stereocenters. The Hall–Kier alpha value is -2.16. The van der Waals surface area contributed by atoms with Crippen molar-refractivity contribution in [2.24, 2.45) is 16.4 Å². The molecular weight excluding hydrogens is 320 g/mol. The Balaban J connectivity index is 1.84. The van der Waals surface area contributed by atoms with E-state index < -0.39 is 0 Å². The molecule has 0 saturated carbocycles. The minimum atomic E-state index is -0.00396. The van der Waals surface area contributed by atoms with Crippen molar-refractivity contribution in [3.05, 3.63) is 59.2 Å². The van der Waals surface area contributed by atoms with E-state index in [1.54, 1.807) is 11.9 Å². The summed E-state index contributed by atoms with van der Waals surface area (Å²) in [7, 11) is 0. The summed E-state index contributed by atoms with van der Waals surface area (Å²) in [5, 5.41) is 6.29. The van der Waals surface area contributed by atoms with E-state index in [9.17, 15) is 4.79 Å². The first kappa shape index (κ1) is 18.6. The standard InChI is InChI=1S/C23H30N2O/c1-16-9-6-7-11-20(16)22-15-19(24-25(22)18(3)26)12-13-21-17(2)10-8-14-23(21,4)5/h6-7,9-13,21-22H,8,14-15H2,1-5H3/b13-12+. The van der Waals surface area contributed by atoms with Gasteiger partial charge in [-0.2, -0.15) is 5.10 Å². The highest BCUT2D eigenvalue weighted by molar-refractivity contribution is 5.98. The number of aryl methyl sites for hydroxylation is 1. The number of hydrazone groups is 1. The van der Waals surface area contributed by atoms with Crippen LogP contribution in [0.3, 0.4) is 0 Å². The van der Waals surface area contributed by atoms with Crippen molar-refractivity contribution in [2.45, 2.75) is 59.9 Å². The molecule has 2 atom stereocenters. The highest BCUT2D eigenvalue weighted by Gasteiger charge is 2.33. The van der Waals surface area contributed by atoms with E-state index in [1.807, 2.05) is 12.1 Å². The number of benzene rings is 1. The van der Waals surface area contributed by atoms with Crippen molar-refractivity contribution in [3.63, 3.8) is 0 Å². The Morgan fingerprint density at radius 3 is 2.65 bits per heavy atom. The van der Waals surface area contributed by atoms with E-state index in [-0.39, 0.29) is 17.4 Å². The molecule has 0 N–H and O–H groups in total. The summed E-state index contributed by atoms with van der Waals surface area (Å²) < 4.78 is 0. The maximum atomic E-state index is 12.1. The lowest BCUT2D eigenvalue weighted by molar-refractivity contribution is -0.130. The van der Waals surface area contributed by atoms with Crippen molar-refractivity contribution in [2.75, 3.05) is 0 Å². The van der Waals surface area contributed by atoms with E-state index in [4.69, 9.17) is 0 Å². The fraction of sp³-hybridized carbons (Fsp3) is 0.478. The van der Waals surface area contributed by atoms with Gasteiger partial charge in [0.15, 0.2) is 0 Å². The highest BCUT2D eigenvalue weighted by Crippen LogP contribution is 2.42. The zero-order valence-electron chi connectivity index (χ0n) is 16.6. The molecule has 3 heteroatoms. The van der Waals surface area contributed by atoms with Crippen molar-refractivity contribution in [3.8, 4) is 0 Å². The second-order valence-electron chi connectivity index (χ2n) is 8.34. The summed E-state index contributed by atoms with van der Waals surface area (Å²) in [6.07, 6.45) is 9.94. The summed E-state index contributed by atoms with van der Waals surface area (Å²) in [5.41, 5.74) is 5.09. The fourth-order valence-electron chi connectivity index (χ4n) is 4.32. The third kappa shape index (κ3) is 3.67. The molecule has 0 radical (unpaired) electrons. The summed E-state index contributed by atoms with van der Waals surface area (Å²) in [5.74, 6) is 0.429. The van der Waals surface area contributed by atoms with Gasteiger partial charge < -0.3 is 0 Å². The second-order valence-corrected chi connectivity index (χ2v) is 8.34. The minimum absolute atomic E-state index is 0.00396. The number of hydrogen-bond donors (Lipinski definition) is 0. The number of amides is 1. The SMILES string of the molecule is CC(=O)N1N=C(/C=C/C2C(C)=CCCC2(C)C)CC1c1ccccc1C. The Kier molecular flexibility index (Phi) is 5.17. The van der Waals surface area contributed by atoms with Crippen LogP contribution in [0.5, 0.6) is 0 Å². The van der Waals surface area contributed by atoms with Crippen molar-refractivity contribution >= 4 is 11.6 Å². The van der Waals surface area contributed by atoms with Crippen LogP contribution >= 0.6 is 0 Å². The summed E-state index contributed by atoms with van der Waals surface area (Å²) in [4.78, 5) is 12.1. The van der Waals surface area contributed by atoms with Crippen molar-refractivity contribution in [1.29, 1.82) is 0 Å². The van der Waals surface area contributed by atoms with E-state index >= 15 is 0 Å². The minimum Gasteiger partial charge on any atom is -0.273 e. The van der Waals surface area contributed by atoms with Crippen molar-refractivity contribution < 1.29 is 4.79 Å². The fourth-order valence-corrected chi connectivity index (χ4v) is 4.32. The lowest BCUT2D eigenvalue weighted by Gasteiger charge is -2.36. The van der Waals surface area contributed by atoms with Gasteiger partial charge in [-0.1, -0.05) is 55.8 Å². The van der Waals surface area contributed by atoms with Gasteiger partial charge in [-0.05, 0) is 49.3 Å². The third-order valence-corrected chi connectivity index (χ3v) is 5.87. The van der Waals surface area contributed by atoms with Crippen LogP contribution in [0.4, 0.5) is 0 Å². The van der Waals surface area contributed by atoms with E-state index in [1.165, 1.54) is 23.1 Å². The van der Waals surface area contributed by atoms with E-state index in [0.717, 1.165) is 18.6 Å². The summed E-state index contributed by atoms with van der Waals surface area (Å²) >= 11 is 0. The largest absolute Gasteiger partial charge is 0.273 e. The van der Waals surface area contributed by atoms with E-state index in [2.05, 4.69) is 63.2 Å². The molecule has 1 aromatic carbocycles. The molecule has 2 aliphatic rings. The summed E-state index contributed by atoms with van der Waals surface area (Å²) in [6.45, 7) is 10.6. The van der Waals surface area contributed by atoms with Gasteiger partial charge in [0.2, 0.25) is 5.91 Å². The van der Waals surface area contributed by atoms with Gasteiger partial charge in [0.05, 0.1) is 11.8 Å². The first-order valence-electron chi connectivity index (χ1n) is 9.57. The van der Waals surface area contributed by atoms with Crippen LogP contribution in [-0.4, -0.2) is 16.6 Å². The zero-order valence-corrected chi connectivity index (χ0v) is 16.6. The lowest BCUT2D eigenvalue weighted by Crippen LogP contribution is -2.26. The maximum absolute atomic E-state index is 12.1. The van der Waals surface area contributed by atoms with Gasteiger partial charge in [-0.3, -0.25) is 4.79 Å². The highest BCUT2D eigenvalue weighted by atomic mass is 16.2. The lowest BCUT2D eigenvalue weighted by atomic mass is 9.68. The molecule has 0 bridgehead atoms. The van der Waals surface area contributed by atoms with Crippen LogP contribution in [0.2, 0.25) is 0 Å². The number of rotatable bonds is 3. The predicted octanol–water partition coefficient (Wildman–Crippen LogP) is 5.58. The molecule has 0 saturated heterocycles. The second kappa shape index (κ2) is 7.22. The molecule has 26 heavy (non-hydrogen) atoms. The quantitative estimate of drug-likeness (QED) is 0.655. The molecule has 0 fully saturated rings. The van der Waals surface area contributed by atoms with E-state index in [0.29, 0.717) is 5.92 Å². The number of carbonyl (C=O) groups is 1. The zero-order chi connectivity index (χ0) is 18.9. The number of nitrogens with zero attached hydrogens (tertiary/aromatic N) is 2. The third-order valence-electron chi connectivity index (χ3n) is 5.87. The molecule has 0 spiro atoms.